The van der Waals surface area contributed by atoms with Gasteiger partial charge in [0.15, 0.2) is 0 Å². The second kappa shape index (κ2) is 4.93. The van der Waals surface area contributed by atoms with E-state index < -0.39 is 17.2 Å². The second-order valence-corrected chi connectivity index (χ2v) is 6.33. The van der Waals surface area contributed by atoms with E-state index in [0.29, 0.717) is 12.8 Å². The summed E-state index contributed by atoms with van der Waals surface area (Å²) in [4.78, 5) is 25.4. The standard InChI is InChI=1S/C16H21NO3/c1-15(2,3)20-14(19)17(4)16(10-13(18)11-16)12-8-6-5-7-9-12/h5-9H,10-11H2,1-4H3. The lowest BCUT2D eigenvalue weighted by atomic mass is 9.70. The van der Waals surface area contributed by atoms with Gasteiger partial charge in [0.2, 0.25) is 0 Å². The zero-order valence-electron chi connectivity index (χ0n) is 12.5. The maximum absolute atomic E-state index is 12.3. The van der Waals surface area contributed by atoms with Gasteiger partial charge in [-0.2, -0.15) is 0 Å². The Bertz CT molecular complexity index is 508. The predicted molar refractivity (Wildman–Crippen MR) is 76.4 cm³/mol. The highest BCUT2D eigenvalue weighted by Crippen LogP contribution is 2.44. The molecule has 1 aromatic rings. The van der Waals surface area contributed by atoms with E-state index in [9.17, 15) is 9.59 Å². The minimum absolute atomic E-state index is 0.171. The SMILES string of the molecule is CN(C(=O)OC(C)(C)C)C1(c2ccccc2)CC(=O)C1. The zero-order valence-corrected chi connectivity index (χ0v) is 12.5. The van der Waals surface area contributed by atoms with Crippen LogP contribution in [-0.4, -0.2) is 29.4 Å². The molecule has 20 heavy (non-hydrogen) atoms. The van der Waals surface area contributed by atoms with Gasteiger partial charge in [-0.25, -0.2) is 4.79 Å². The lowest BCUT2D eigenvalue weighted by molar-refractivity contribution is -0.134. The molecular formula is C16H21NO3. The van der Waals surface area contributed by atoms with E-state index in [4.69, 9.17) is 4.74 Å². The zero-order chi connectivity index (χ0) is 15.0. The van der Waals surface area contributed by atoms with Crippen LogP contribution in [0.5, 0.6) is 0 Å². The molecule has 0 N–H and O–H groups in total. The fourth-order valence-electron chi connectivity index (χ4n) is 2.49. The molecule has 108 valence electrons. The largest absolute Gasteiger partial charge is 0.444 e. The van der Waals surface area contributed by atoms with E-state index in [2.05, 4.69) is 0 Å². The maximum atomic E-state index is 12.3. The third kappa shape index (κ3) is 2.69. The van der Waals surface area contributed by atoms with Crippen molar-refractivity contribution in [2.24, 2.45) is 0 Å². The summed E-state index contributed by atoms with van der Waals surface area (Å²) in [5.41, 5.74) is -0.120. The fraction of sp³-hybridized carbons (Fsp3) is 0.500. The molecular weight excluding hydrogens is 254 g/mol. The van der Waals surface area contributed by atoms with Crippen LogP contribution in [0.15, 0.2) is 30.3 Å². The second-order valence-electron chi connectivity index (χ2n) is 6.33. The number of hydrogen-bond donors (Lipinski definition) is 0. The van der Waals surface area contributed by atoms with E-state index in [0.717, 1.165) is 5.56 Å². The van der Waals surface area contributed by atoms with Gasteiger partial charge in [0.05, 0.1) is 5.54 Å². The van der Waals surface area contributed by atoms with Crippen molar-refractivity contribution in [3.63, 3.8) is 0 Å². The summed E-state index contributed by atoms with van der Waals surface area (Å²) in [6.45, 7) is 5.50. The summed E-state index contributed by atoms with van der Waals surface area (Å²) >= 11 is 0. The Labute approximate surface area is 119 Å². The molecule has 4 heteroatoms. The van der Waals surface area contributed by atoms with Crippen molar-refractivity contribution in [3.05, 3.63) is 35.9 Å². The van der Waals surface area contributed by atoms with Gasteiger partial charge in [-0.3, -0.25) is 4.79 Å². The van der Waals surface area contributed by atoms with Crippen LogP contribution < -0.4 is 0 Å². The first-order chi connectivity index (χ1) is 9.24. The van der Waals surface area contributed by atoms with Gasteiger partial charge in [-0.05, 0) is 26.3 Å². The quantitative estimate of drug-likeness (QED) is 0.833. The number of hydrogen-bond acceptors (Lipinski definition) is 3. The molecule has 1 aliphatic carbocycles. The average molecular weight is 275 g/mol. The van der Waals surface area contributed by atoms with Crippen molar-refractivity contribution in [3.8, 4) is 0 Å². The minimum atomic E-state index is -0.555. The Morgan fingerprint density at radius 1 is 1.20 bits per heavy atom. The van der Waals surface area contributed by atoms with Crippen molar-refractivity contribution in [2.45, 2.75) is 44.8 Å². The molecule has 0 saturated heterocycles. The normalized spacial score (nSPS) is 17.3. The van der Waals surface area contributed by atoms with Crippen LogP contribution in [-0.2, 0) is 15.1 Å². The number of benzene rings is 1. The van der Waals surface area contributed by atoms with Crippen molar-refractivity contribution in [1.29, 1.82) is 0 Å². The van der Waals surface area contributed by atoms with Crippen LogP contribution in [0.25, 0.3) is 0 Å². The molecule has 0 atom stereocenters. The Kier molecular flexibility index (Phi) is 3.59. The summed E-state index contributed by atoms with van der Waals surface area (Å²) < 4.78 is 5.41. The molecule has 1 fully saturated rings. The van der Waals surface area contributed by atoms with Crippen LogP contribution in [0, 0.1) is 0 Å². The third-order valence-electron chi connectivity index (χ3n) is 3.60. The molecule has 1 amide bonds. The first kappa shape index (κ1) is 14.6. The molecule has 2 rings (SSSR count). The van der Waals surface area contributed by atoms with Gasteiger partial charge >= 0.3 is 6.09 Å². The number of Topliss-reactive ketones (excluding diaryl/α,β-unsaturated/α-hetero) is 1. The van der Waals surface area contributed by atoms with E-state index in [1.165, 1.54) is 0 Å². The van der Waals surface area contributed by atoms with E-state index in [-0.39, 0.29) is 5.78 Å². The highest BCUT2D eigenvalue weighted by atomic mass is 16.6. The van der Waals surface area contributed by atoms with Crippen LogP contribution >= 0.6 is 0 Å². The molecule has 0 heterocycles. The molecule has 0 radical (unpaired) electrons. The van der Waals surface area contributed by atoms with Gasteiger partial charge in [0, 0.05) is 19.9 Å². The van der Waals surface area contributed by atoms with Gasteiger partial charge in [0.25, 0.3) is 0 Å². The molecule has 0 spiro atoms. The smallest absolute Gasteiger partial charge is 0.410 e. The molecule has 0 bridgehead atoms. The number of amides is 1. The maximum Gasteiger partial charge on any atom is 0.410 e. The number of rotatable bonds is 2. The Morgan fingerprint density at radius 2 is 1.75 bits per heavy atom. The first-order valence-electron chi connectivity index (χ1n) is 6.79. The van der Waals surface area contributed by atoms with Gasteiger partial charge < -0.3 is 9.64 Å². The predicted octanol–water partition coefficient (Wildman–Crippen LogP) is 3.11. The van der Waals surface area contributed by atoms with Crippen molar-refractivity contribution in [1.82, 2.24) is 4.90 Å². The molecule has 1 aliphatic rings. The summed E-state index contributed by atoms with van der Waals surface area (Å²) in [5, 5.41) is 0. The Hall–Kier alpha value is -1.84. The number of ether oxygens (including phenoxy) is 1. The van der Waals surface area contributed by atoms with Crippen LogP contribution in [0.1, 0.15) is 39.2 Å². The number of carbonyl (C=O) groups excluding carboxylic acids is 2. The van der Waals surface area contributed by atoms with E-state index >= 15 is 0 Å². The topological polar surface area (TPSA) is 46.6 Å². The highest BCUT2D eigenvalue weighted by molar-refractivity contribution is 5.90. The van der Waals surface area contributed by atoms with Crippen molar-refractivity contribution >= 4 is 11.9 Å². The number of carbonyl (C=O) groups is 2. The molecule has 0 aromatic heterocycles. The van der Waals surface area contributed by atoms with E-state index in [1.807, 2.05) is 51.1 Å². The lowest BCUT2D eigenvalue weighted by Gasteiger charge is -2.47. The summed E-state index contributed by atoms with van der Waals surface area (Å²) in [5.74, 6) is 0.171. The van der Waals surface area contributed by atoms with Crippen molar-refractivity contribution < 1.29 is 14.3 Å². The van der Waals surface area contributed by atoms with Gasteiger partial charge in [0.1, 0.15) is 11.4 Å². The summed E-state index contributed by atoms with van der Waals surface area (Å²) in [6.07, 6.45) is 0.313. The Morgan fingerprint density at radius 3 is 2.20 bits per heavy atom. The first-order valence-corrected chi connectivity index (χ1v) is 6.79. The number of nitrogens with zero attached hydrogens (tertiary/aromatic N) is 1. The summed E-state index contributed by atoms with van der Waals surface area (Å²) in [6, 6.07) is 9.66. The monoisotopic (exact) mass is 275 g/mol. The highest BCUT2D eigenvalue weighted by Gasteiger charge is 2.50. The van der Waals surface area contributed by atoms with Crippen LogP contribution in [0.4, 0.5) is 4.79 Å². The van der Waals surface area contributed by atoms with Crippen LogP contribution in [0.3, 0.4) is 0 Å². The minimum Gasteiger partial charge on any atom is -0.444 e. The average Bonchev–Trinajstić information content (AvgIpc) is 2.33. The third-order valence-corrected chi connectivity index (χ3v) is 3.60. The molecule has 0 aliphatic heterocycles. The van der Waals surface area contributed by atoms with Crippen molar-refractivity contribution in [2.75, 3.05) is 7.05 Å². The van der Waals surface area contributed by atoms with Gasteiger partial charge in [-0.1, -0.05) is 30.3 Å². The number of ketones is 1. The van der Waals surface area contributed by atoms with Gasteiger partial charge in [-0.15, -0.1) is 0 Å². The lowest BCUT2D eigenvalue weighted by Crippen LogP contribution is -2.56. The molecule has 1 aromatic carbocycles. The molecule has 4 nitrogen and oxygen atoms in total. The molecule has 1 saturated carbocycles. The van der Waals surface area contributed by atoms with Crippen LogP contribution in [0.2, 0.25) is 0 Å². The Balaban J connectivity index is 2.26. The molecule has 0 unspecified atom stereocenters. The summed E-state index contributed by atoms with van der Waals surface area (Å²) in [7, 11) is 1.70. The fourth-order valence-corrected chi connectivity index (χ4v) is 2.49. The van der Waals surface area contributed by atoms with E-state index in [1.54, 1.807) is 11.9 Å².